The van der Waals surface area contributed by atoms with E-state index in [-0.39, 0.29) is 11.9 Å². The molecule has 1 aliphatic heterocycles. The van der Waals surface area contributed by atoms with Gasteiger partial charge in [0, 0.05) is 11.6 Å². The monoisotopic (exact) mass is 295 g/mol. The molecule has 108 valence electrons. The summed E-state index contributed by atoms with van der Waals surface area (Å²) in [4.78, 5) is 12.5. The number of rotatable bonds is 3. The first kappa shape index (κ1) is 13.9. The molecule has 1 amide bonds. The number of carbonyl (C=O) groups is 1. The second kappa shape index (κ2) is 5.35. The Kier molecular flexibility index (Phi) is 3.71. The van der Waals surface area contributed by atoms with E-state index >= 15 is 0 Å². The summed E-state index contributed by atoms with van der Waals surface area (Å²) in [5.41, 5.74) is 0.573. The maximum absolute atomic E-state index is 12.5. The van der Waals surface area contributed by atoms with Crippen molar-refractivity contribution in [1.29, 1.82) is 0 Å². The van der Waals surface area contributed by atoms with Crippen LogP contribution in [-0.4, -0.2) is 36.4 Å². The fraction of sp³-hybridized carbons (Fsp3) is 0.533. The van der Waals surface area contributed by atoms with E-state index in [1.807, 2.05) is 24.3 Å². The van der Waals surface area contributed by atoms with Crippen LogP contribution in [0.4, 0.5) is 0 Å². The van der Waals surface area contributed by atoms with Gasteiger partial charge >= 0.3 is 0 Å². The third-order valence-electron chi connectivity index (χ3n) is 4.22. The molecule has 1 saturated heterocycles. The van der Waals surface area contributed by atoms with Crippen molar-refractivity contribution in [2.45, 2.75) is 36.8 Å². The minimum absolute atomic E-state index is 0.00534. The number of nitrogens with one attached hydrogen (secondary N) is 1. The van der Waals surface area contributed by atoms with Crippen molar-refractivity contribution in [2.75, 3.05) is 13.2 Å². The highest BCUT2D eigenvalue weighted by atomic mass is 35.5. The fourth-order valence-electron chi connectivity index (χ4n) is 2.74. The number of hydrogen-bond acceptors (Lipinski definition) is 3. The van der Waals surface area contributed by atoms with Gasteiger partial charge in [-0.1, -0.05) is 23.7 Å². The van der Waals surface area contributed by atoms with Gasteiger partial charge in [0.25, 0.3) is 0 Å². The number of ether oxygens (including phenoxy) is 1. The van der Waals surface area contributed by atoms with E-state index in [2.05, 4.69) is 5.32 Å². The lowest BCUT2D eigenvalue weighted by atomic mass is 9.94. The molecule has 2 fully saturated rings. The molecule has 1 aromatic rings. The number of halogens is 1. The van der Waals surface area contributed by atoms with E-state index in [0.29, 0.717) is 24.7 Å². The van der Waals surface area contributed by atoms with Crippen LogP contribution in [0.5, 0.6) is 0 Å². The van der Waals surface area contributed by atoms with Crippen molar-refractivity contribution < 1.29 is 14.6 Å². The fourth-order valence-corrected chi connectivity index (χ4v) is 2.86. The lowest BCUT2D eigenvalue weighted by molar-refractivity contribution is -0.126. The van der Waals surface area contributed by atoms with Crippen LogP contribution < -0.4 is 5.32 Å². The molecule has 2 aliphatic rings. The summed E-state index contributed by atoms with van der Waals surface area (Å²) < 4.78 is 5.18. The Morgan fingerprint density at radius 1 is 1.35 bits per heavy atom. The molecule has 0 bridgehead atoms. The third-order valence-corrected chi connectivity index (χ3v) is 4.48. The average Bonchev–Trinajstić information content (AvgIpc) is 3.24. The molecule has 2 N–H and O–H groups in total. The van der Waals surface area contributed by atoms with Gasteiger partial charge in [0.2, 0.25) is 5.91 Å². The molecule has 0 aromatic heterocycles. The van der Waals surface area contributed by atoms with Gasteiger partial charge in [0.15, 0.2) is 0 Å². The topological polar surface area (TPSA) is 58.6 Å². The molecule has 0 radical (unpaired) electrons. The summed E-state index contributed by atoms with van der Waals surface area (Å²) in [5.74, 6) is 0.00534. The summed E-state index contributed by atoms with van der Waals surface area (Å²) in [6, 6.07) is 7.24. The number of hydrogen-bond donors (Lipinski definition) is 2. The van der Waals surface area contributed by atoms with Crippen molar-refractivity contribution >= 4 is 17.5 Å². The zero-order valence-corrected chi connectivity index (χ0v) is 11.9. The number of benzene rings is 1. The predicted molar refractivity (Wildman–Crippen MR) is 75.7 cm³/mol. The van der Waals surface area contributed by atoms with Gasteiger partial charge < -0.3 is 15.2 Å². The molecular formula is C15H18ClNO3. The van der Waals surface area contributed by atoms with Gasteiger partial charge in [0.05, 0.1) is 24.2 Å². The van der Waals surface area contributed by atoms with Crippen LogP contribution in [0, 0.1) is 0 Å². The van der Waals surface area contributed by atoms with Gasteiger partial charge in [0.1, 0.15) is 0 Å². The van der Waals surface area contributed by atoms with Crippen LogP contribution >= 0.6 is 11.6 Å². The third kappa shape index (κ3) is 2.55. The molecule has 2 atom stereocenters. The molecule has 4 nitrogen and oxygen atoms in total. The smallest absolute Gasteiger partial charge is 0.230 e. The summed E-state index contributed by atoms with van der Waals surface area (Å²) in [7, 11) is 0. The largest absolute Gasteiger partial charge is 0.389 e. The number of carbonyl (C=O) groups excluding carboxylic acids is 1. The summed E-state index contributed by atoms with van der Waals surface area (Å²) in [6.07, 6.45) is 1.73. The lowest BCUT2D eigenvalue weighted by Crippen LogP contribution is -2.51. The summed E-state index contributed by atoms with van der Waals surface area (Å²) in [5, 5.41) is 13.5. The maximum atomic E-state index is 12.5. The predicted octanol–water partition coefficient (Wildman–Crippen LogP) is 1.64. The highest BCUT2D eigenvalue weighted by Gasteiger charge is 2.51. The Bertz CT molecular complexity index is 498. The normalized spacial score (nSPS) is 27.9. The molecule has 1 aromatic carbocycles. The molecular weight excluding hydrogens is 278 g/mol. The Morgan fingerprint density at radius 2 is 2.05 bits per heavy atom. The second-order valence-electron chi connectivity index (χ2n) is 5.60. The molecule has 1 aliphatic carbocycles. The molecule has 0 spiro atoms. The van der Waals surface area contributed by atoms with E-state index < -0.39 is 11.5 Å². The van der Waals surface area contributed by atoms with Gasteiger partial charge in [-0.2, -0.15) is 0 Å². The highest BCUT2D eigenvalue weighted by Crippen LogP contribution is 2.48. The Labute approximate surface area is 123 Å². The van der Waals surface area contributed by atoms with Crippen molar-refractivity contribution in [3.05, 3.63) is 34.9 Å². The zero-order valence-electron chi connectivity index (χ0n) is 11.1. The SMILES string of the molecule is O=C(N[C@@H]1CCOC[C@H]1O)C1(c2ccc(Cl)cc2)CC1. The van der Waals surface area contributed by atoms with E-state index in [9.17, 15) is 9.90 Å². The van der Waals surface area contributed by atoms with Crippen molar-refractivity contribution in [3.8, 4) is 0 Å². The number of aliphatic hydroxyl groups excluding tert-OH is 1. The molecule has 20 heavy (non-hydrogen) atoms. The van der Waals surface area contributed by atoms with E-state index in [4.69, 9.17) is 16.3 Å². The zero-order chi connectivity index (χ0) is 14.2. The van der Waals surface area contributed by atoms with Crippen LogP contribution in [0.1, 0.15) is 24.8 Å². The summed E-state index contributed by atoms with van der Waals surface area (Å²) >= 11 is 5.89. The Hall–Kier alpha value is -1.10. The van der Waals surface area contributed by atoms with E-state index in [0.717, 1.165) is 18.4 Å². The number of aliphatic hydroxyl groups is 1. The molecule has 1 heterocycles. The van der Waals surface area contributed by atoms with Crippen molar-refractivity contribution in [2.24, 2.45) is 0 Å². The van der Waals surface area contributed by atoms with E-state index in [1.54, 1.807) is 0 Å². The quantitative estimate of drug-likeness (QED) is 0.891. The summed E-state index contributed by atoms with van der Waals surface area (Å²) in [6.45, 7) is 0.870. The average molecular weight is 296 g/mol. The van der Waals surface area contributed by atoms with Crippen LogP contribution in [0.15, 0.2) is 24.3 Å². The molecule has 3 rings (SSSR count). The first-order chi connectivity index (χ1) is 9.62. The molecule has 1 saturated carbocycles. The highest BCUT2D eigenvalue weighted by molar-refractivity contribution is 6.30. The van der Waals surface area contributed by atoms with Gasteiger partial charge in [-0.25, -0.2) is 0 Å². The second-order valence-corrected chi connectivity index (χ2v) is 6.04. The Balaban J connectivity index is 1.71. The van der Waals surface area contributed by atoms with Crippen molar-refractivity contribution in [3.63, 3.8) is 0 Å². The minimum atomic E-state index is -0.617. The molecule has 5 heteroatoms. The van der Waals surface area contributed by atoms with Gasteiger partial charge in [-0.05, 0) is 37.0 Å². The van der Waals surface area contributed by atoms with Crippen LogP contribution in [-0.2, 0) is 14.9 Å². The van der Waals surface area contributed by atoms with Crippen LogP contribution in [0.2, 0.25) is 5.02 Å². The van der Waals surface area contributed by atoms with E-state index in [1.165, 1.54) is 0 Å². The lowest BCUT2D eigenvalue weighted by Gasteiger charge is -2.30. The van der Waals surface area contributed by atoms with Gasteiger partial charge in [-0.15, -0.1) is 0 Å². The van der Waals surface area contributed by atoms with Crippen LogP contribution in [0.25, 0.3) is 0 Å². The standard InChI is InChI=1S/C15H18ClNO3/c16-11-3-1-10(2-4-11)15(6-7-15)14(19)17-12-5-8-20-9-13(12)18/h1-4,12-13,18H,5-9H2,(H,17,19)/t12-,13-/m1/s1. The Morgan fingerprint density at radius 3 is 2.65 bits per heavy atom. The minimum Gasteiger partial charge on any atom is -0.389 e. The van der Waals surface area contributed by atoms with Crippen LogP contribution in [0.3, 0.4) is 0 Å². The first-order valence-electron chi connectivity index (χ1n) is 6.95. The first-order valence-corrected chi connectivity index (χ1v) is 7.32. The van der Waals surface area contributed by atoms with Gasteiger partial charge in [-0.3, -0.25) is 4.79 Å². The maximum Gasteiger partial charge on any atom is 0.230 e. The number of amides is 1. The molecule has 0 unspecified atom stereocenters. The van der Waals surface area contributed by atoms with Crippen molar-refractivity contribution in [1.82, 2.24) is 5.32 Å².